The van der Waals surface area contributed by atoms with Gasteiger partial charge in [-0.2, -0.15) is 9.57 Å². The van der Waals surface area contributed by atoms with Gasteiger partial charge in [0.2, 0.25) is 10.0 Å². The Morgan fingerprint density at radius 1 is 1.36 bits per heavy atom. The molecule has 1 aromatic carbocycles. The van der Waals surface area contributed by atoms with Crippen molar-refractivity contribution in [3.63, 3.8) is 0 Å². The van der Waals surface area contributed by atoms with E-state index in [-0.39, 0.29) is 23.9 Å². The van der Waals surface area contributed by atoms with E-state index in [1.807, 2.05) is 6.07 Å². The molecule has 0 spiro atoms. The standard InChI is InChI=1S/C15H18N2O4S/c1-11-2-5-13(15(18)19)10-17(11)22(20,21)14-6-3-12(4-7-14)8-9-16/h3-4,6-7,11,13H,2,5,8,10H2,1H3,(H,18,19). The van der Waals surface area contributed by atoms with Crippen LogP contribution in [0.5, 0.6) is 0 Å². The molecular weight excluding hydrogens is 304 g/mol. The first-order valence-corrected chi connectivity index (χ1v) is 8.51. The third-order valence-corrected chi connectivity index (χ3v) is 5.98. The summed E-state index contributed by atoms with van der Waals surface area (Å²) in [6.07, 6.45) is 1.24. The first-order valence-electron chi connectivity index (χ1n) is 7.07. The lowest BCUT2D eigenvalue weighted by molar-refractivity contribution is -0.143. The molecular formula is C15H18N2O4S. The van der Waals surface area contributed by atoms with Crippen LogP contribution in [0.1, 0.15) is 25.3 Å². The van der Waals surface area contributed by atoms with Crippen molar-refractivity contribution in [1.29, 1.82) is 5.26 Å². The van der Waals surface area contributed by atoms with Gasteiger partial charge in [-0.15, -0.1) is 0 Å². The Balaban J connectivity index is 2.28. The Labute approximate surface area is 130 Å². The van der Waals surface area contributed by atoms with E-state index in [1.54, 1.807) is 19.1 Å². The molecule has 2 rings (SSSR count). The van der Waals surface area contributed by atoms with Gasteiger partial charge in [0.1, 0.15) is 0 Å². The minimum atomic E-state index is -3.72. The van der Waals surface area contributed by atoms with Crippen molar-refractivity contribution in [2.75, 3.05) is 6.54 Å². The van der Waals surface area contributed by atoms with Crippen LogP contribution in [-0.2, 0) is 21.2 Å². The molecule has 1 heterocycles. The Kier molecular flexibility index (Phi) is 4.84. The third kappa shape index (κ3) is 3.29. The van der Waals surface area contributed by atoms with Crippen molar-refractivity contribution < 1.29 is 18.3 Å². The highest BCUT2D eigenvalue weighted by Crippen LogP contribution is 2.28. The zero-order valence-corrected chi connectivity index (χ0v) is 13.1. The average Bonchev–Trinajstić information content (AvgIpc) is 2.48. The fourth-order valence-corrected chi connectivity index (χ4v) is 4.32. The van der Waals surface area contributed by atoms with Crippen LogP contribution < -0.4 is 0 Å². The molecule has 1 saturated heterocycles. The number of carboxylic acid groups (broad SMARTS) is 1. The number of carbonyl (C=O) groups is 1. The minimum absolute atomic E-state index is 0.00121. The Morgan fingerprint density at radius 2 is 2.00 bits per heavy atom. The molecule has 2 atom stereocenters. The van der Waals surface area contributed by atoms with Gasteiger partial charge in [0.05, 0.1) is 23.3 Å². The highest BCUT2D eigenvalue weighted by atomic mass is 32.2. The molecule has 1 fully saturated rings. The maximum Gasteiger partial charge on any atom is 0.307 e. The normalized spacial score (nSPS) is 22.9. The predicted molar refractivity (Wildman–Crippen MR) is 79.5 cm³/mol. The van der Waals surface area contributed by atoms with E-state index in [4.69, 9.17) is 10.4 Å². The highest BCUT2D eigenvalue weighted by Gasteiger charge is 2.37. The van der Waals surface area contributed by atoms with Gasteiger partial charge >= 0.3 is 5.97 Å². The second-order valence-electron chi connectivity index (χ2n) is 5.52. The monoisotopic (exact) mass is 322 g/mol. The number of carboxylic acids is 1. The van der Waals surface area contributed by atoms with Crippen LogP contribution in [0.3, 0.4) is 0 Å². The predicted octanol–water partition coefficient (Wildman–Crippen LogP) is 1.63. The summed E-state index contributed by atoms with van der Waals surface area (Å²) < 4.78 is 26.7. The van der Waals surface area contributed by atoms with Gasteiger partial charge in [-0.1, -0.05) is 12.1 Å². The number of piperidine rings is 1. The number of hydrogen-bond donors (Lipinski definition) is 1. The summed E-state index contributed by atoms with van der Waals surface area (Å²) in [4.78, 5) is 11.3. The van der Waals surface area contributed by atoms with Crippen molar-refractivity contribution in [2.45, 2.75) is 37.1 Å². The van der Waals surface area contributed by atoms with Gasteiger partial charge in [0.15, 0.2) is 0 Å². The number of sulfonamides is 1. The van der Waals surface area contributed by atoms with Crippen LogP contribution in [0.25, 0.3) is 0 Å². The summed E-state index contributed by atoms with van der Waals surface area (Å²) in [6, 6.07) is 7.95. The maximum atomic E-state index is 12.7. The van der Waals surface area contributed by atoms with Crippen LogP contribution in [0.15, 0.2) is 29.2 Å². The smallest absolute Gasteiger partial charge is 0.307 e. The Hall–Kier alpha value is -1.91. The zero-order chi connectivity index (χ0) is 16.3. The van der Waals surface area contributed by atoms with Crippen molar-refractivity contribution in [1.82, 2.24) is 4.31 Å². The second kappa shape index (κ2) is 6.46. The zero-order valence-electron chi connectivity index (χ0n) is 12.3. The van der Waals surface area contributed by atoms with Gasteiger partial charge in [-0.05, 0) is 37.5 Å². The number of benzene rings is 1. The summed E-state index contributed by atoms with van der Waals surface area (Å²) in [5, 5.41) is 17.8. The number of nitrogens with zero attached hydrogens (tertiary/aromatic N) is 2. The lowest BCUT2D eigenvalue weighted by Gasteiger charge is -2.35. The van der Waals surface area contributed by atoms with Gasteiger partial charge in [0, 0.05) is 12.6 Å². The van der Waals surface area contributed by atoms with E-state index >= 15 is 0 Å². The summed E-state index contributed by atoms with van der Waals surface area (Å²) in [7, 11) is -3.72. The van der Waals surface area contributed by atoms with Gasteiger partial charge in [0.25, 0.3) is 0 Å². The summed E-state index contributed by atoms with van der Waals surface area (Å²) in [5.74, 6) is -1.62. The number of nitriles is 1. The number of hydrogen-bond acceptors (Lipinski definition) is 4. The molecule has 0 aromatic heterocycles. The molecule has 0 saturated carbocycles. The fourth-order valence-electron chi connectivity index (χ4n) is 2.62. The Bertz CT molecular complexity index is 691. The quantitative estimate of drug-likeness (QED) is 0.908. The van der Waals surface area contributed by atoms with E-state index in [9.17, 15) is 13.2 Å². The Morgan fingerprint density at radius 3 is 2.55 bits per heavy atom. The largest absolute Gasteiger partial charge is 0.481 e. The second-order valence-corrected chi connectivity index (χ2v) is 7.41. The van der Waals surface area contributed by atoms with Gasteiger partial charge < -0.3 is 5.11 Å². The van der Waals surface area contributed by atoms with Crippen LogP contribution in [0.4, 0.5) is 0 Å². The van der Waals surface area contributed by atoms with Crippen LogP contribution in [-0.4, -0.2) is 36.4 Å². The van der Waals surface area contributed by atoms with E-state index in [1.165, 1.54) is 16.4 Å². The molecule has 7 heteroatoms. The van der Waals surface area contributed by atoms with E-state index in [0.717, 1.165) is 5.56 Å². The van der Waals surface area contributed by atoms with Crippen molar-refractivity contribution >= 4 is 16.0 Å². The van der Waals surface area contributed by atoms with Gasteiger partial charge in [-0.3, -0.25) is 4.79 Å². The first kappa shape index (κ1) is 16.5. The molecule has 0 amide bonds. The first-order chi connectivity index (χ1) is 10.4. The highest BCUT2D eigenvalue weighted by molar-refractivity contribution is 7.89. The summed E-state index contributed by atoms with van der Waals surface area (Å²) in [5.41, 5.74) is 0.747. The number of rotatable bonds is 4. The van der Waals surface area contributed by atoms with Crippen molar-refractivity contribution in [3.05, 3.63) is 29.8 Å². The SMILES string of the molecule is CC1CCC(C(=O)O)CN1S(=O)(=O)c1ccc(CC#N)cc1. The van der Waals surface area contributed by atoms with Crippen molar-refractivity contribution in [2.24, 2.45) is 5.92 Å². The van der Waals surface area contributed by atoms with Crippen molar-refractivity contribution in [3.8, 4) is 6.07 Å². The third-order valence-electron chi connectivity index (χ3n) is 3.99. The average molecular weight is 322 g/mol. The molecule has 0 bridgehead atoms. The van der Waals surface area contributed by atoms with Crippen LogP contribution >= 0.6 is 0 Å². The lowest BCUT2D eigenvalue weighted by atomic mass is 9.96. The van der Waals surface area contributed by atoms with E-state index < -0.39 is 21.9 Å². The summed E-state index contributed by atoms with van der Waals surface area (Å²) in [6.45, 7) is 1.79. The molecule has 0 radical (unpaired) electrons. The summed E-state index contributed by atoms with van der Waals surface area (Å²) >= 11 is 0. The minimum Gasteiger partial charge on any atom is -0.481 e. The molecule has 1 aliphatic heterocycles. The lowest BCUT2D eigenvalue weighted by Crippen LogP contribution is -2.47. The molecule has 1 aromatic rings. The maximum absolute atomic E-state index is 12.7. The molecule has 1 aliphatic rings. The topological polar surface area (TPSA) is 98.5 Å². The van der Waals surface area contributed by atoms with E-state index in [0.29, 0.717) is 12.8 Å². The molecule has 0 aliphatic carbocycles. The van der Waals surface area contributed by atoms with Crippen LogP contribution in [0, 0.1) is 17.2 Å². The molecule has 2 unspecified atom stereocenters. The molecule has 6 nitrogen and oxygen atoms in total. The number of aliphatic carboxylic acids is 1. The fraction of sp³-hybridized carbons (Fsp3) is 0.467. The molecule has 1 N–H and O–H groups in total. The van der Waals surface area contributed by atoms with Crippen LogP contribution in [0.2, 0.25) is 0 Å². The molecule has 22 heavy (non-hydrogen) atoms. The van der Waals surface area contributed by atoms with Gasteiger partial charge in [-0.25, -0.2) is 8.42 Å². The van der Waals surface area contributed by atoms with E-state index in [2.05, 4.69) is 0 Å². The molecule has 118 valence electrons.